The number of aromatic nitrogens is 2. The number of nitrogens with one attached hydrogen (secondary N) is 3. The summed E-state index contributed by atoms with van der Waals surface area (Å²) in [6, 6.07) is 6.36. The molecule has 2 aromatic carbocycles. The molecule has 3 N–H and O–H groups in total. The highest BCUT2D eigenvalue weighted by atomic mass is 32.2. The summed E-state index contributed by atoms with van der Waals surface area (Å²) in [5.74, 6) is -4.92. The molecule has 1 atom stereocenters. The van der Waals surface area contributed by atoms with E-state index in [1.165, 1.54) is 11.9 Å². The van der Waals surface area contributed by atoms with Crippen LogP contribution < -0.4 is 15.4 Å². The molecular weight excluding hydrogens is 403 g/mol. The number of amides is 1. The molecule has 4 rings (SSSR count). The molecule has 0 fully saturated rings. The summed E-state index contributed by atoms with van der Waals surface area (Å²) in [6.07, 6.45) is 4.83. The molecule has 0 aliphatic carbocycles. The second kappa shape index (κ2) is 7.37. The van der Waals surface area contributed by atoms with Crippen molar-refractivity contribution in [2.24, 2.45) is 0 Å². The Morgan fingerprint density at radius 1 is 1.14 bits per heavy atom. The average Bonchev–Trinajstić information content (AvgIpc) is 2.72. The summed E-state index contributed by atoms with van der Waals surface area (Å²) >= 11 is 1.31. The predicted octanol–water partition coefficient (Wildman–Crippen LogP) is 4.04. The summed E-state index contributed by atoms with van der Waals surface area (Å²) in [5.41, 5.74) is 0.896. The first kappa shape index (κ1) is 19.2. The number of hydrogen-bond donors (Lipinski definition) is 3. The molecular formula is C19H14F3N5OS. The maximum Gasteiger partial charge on any atom is 0.255 e. The maximum atomic E-state index is 13.3. The lowest BCUT2D eigenvalue weighted by Gasteiger charge is -2.36. The normalized spacial score (nSPS) is 17.9. The number of hydrogen-bond acceptors (Lipinski definition) is 6. The maximum absolute atomic E-state index is 13.3. The van der Waals surface area contributed by atoms with Gasteiger partial charge in [-0.15, -0.1) is 0 Å². The molecule has 3 aromatic rings. The van der Waals surface area contributed by atoms with E-state index in [2.05, 4.69) is 25.3 Å². The molecule has 1 amide bonds. The highest BCUT2D eigenvalue weighted by Gasteiger charge is 2.33. The Labute approximate surface area is 168 Å². The van der Waals surface area contributed by atoms with Crippen LogP contribution in [0, 0.1) is 17.5 Å². The quantitative estimate of drug-likeness (QED) is 0.441. The van der Waals surface area contributed by atoms with Gasteiger partial charge in [0.05, 0.1) is 17.6 Å². The number of fused-ring (bicyclic) bond motifs is 1. The van der Waals surface area contributed by atoms with Crippen molar-refractivity contribution in [3.8, 4) is 0 Å². The SMILES string of the molecule is CC1(c2cnccn2)NSc2cc(C(=O)Nc3cc(F)c(F)c(F)c3)ccc2N1. The Hall–Kier alpha value is -3.11. The summed E-state index contributed by atoms with van der Waals surface area (Å²) in [5, 5.41) is 5.68. The fourth-order valence-electron chi connectivity index (χ4n) is 2.81. The Morgan fingerprint density at radius 2 is 1.90 bits per heavy atom. The van der Waals surface area contributed by atoms with Crippen LogP contribution in [0.2, 0.25) is 0 Å². The molecule has 0 spiro atoms. The summed E-state index contributed by atoms with van der Waals surface area (Å²) in [7, 11) is 0. The molecule has 2 heterocycles. The van der Waals surface area contributed by atoms with E-state index < -0.39 is 29.0 Å². The molecule has 0 saturated heterocycles. The molecule has 1 aliphatic heterocycles. The molecule has 1 aliphatic rings. The van der Waals surface area contributed by atoms with Gasteiger partial charge in [-0.05, 0) is 37.1 Å². The summed E-state index contributed by atoms with van der Waals surface area (Å²) in [4.78, 5) is 21.6. The second-order valence-electron chi connectivity index (χ2n) is 6.46. The van der Waals surface area contributed by atoms with Crippen LogP contribution in [-0.4, -0.2) is 15.9 Å². The van der Waals surface area contributed by atoms with Crippen LogP contribution in [0.5, 0.6) is 0 Å². The van der Waals surface area contributed by atoms with E-state index >= 15 is 0 Å². The first-order chi connectivity index (χ1) is 13.9. The fraction of sp³-hybridized carbons (Fsp3) is 0.105. The first-order valence-electron chi connectivity index (χ1n) is 8.44. The summed E-state index contributed by atoms with van der Waals surface area (Å²) in [6.45, 7) is 1.91. The van der Waals surface area contributed by atoms with Crippen molar-refractivity contribution in [2.45, 2.75) is 17.5 Å². The third kappa shape index (κ3) is 3.76. The topological polar surface area (TPSA) is 78.9 Å². The Kier molecular flexibility index (Phi) is 4.89. The van der Waals surface area contributed by atoms with Gasteiger partial charge in [0, 0.05) is 40.7 Å². The van der Waals surface area contributed by atoms with Crippen LogP contribution in [-0.2, 0) is 5.66 Å². The smallest absolute Gasteiger partial charge is 0.255 e. The zero-order chi connectivity index (χ0) is 20.6. The number of anilines is 2. The van der Waals surface area contributed by atoms with Gasteiger partial charge in [0.1, 0.15) is 5.66 Å². The standard InChI is InChI=1S/C19H14F3N5OS/c1-19(16-9-23-4-5-24-16)26-14-3-2-10(6-15(14)29-27-19)18(28)25-11-7-12(20)17(22)13(21)8-11/h2-9,26-27H,1H3,(H,25,28). The van der Waals surface area contributed by atoms with Crippen LogP contribution in [0.15, 0.2) is 53.8 Å². The Bertz CT molecular complexity index is 1080. The largest absolute Gasteiger partial charge is 0.361 e. The van der Waals surface area contributed by atoms with Crippen molar-refractivity contribution in [3.05, 3.63) is 77.6 Å². The number of halogens is 3. The minimum absolute atomic E-state index is 0.178. The van der Waals surface area contributed by atoms with Crippen LogP contribution in [0.4, 0.5) is 24.5 Å². The number of nitrogens with zero attached hydrogens (tertiary/aromatic N) is 2. The van der Waals surface area contributed by atoms with Gasteiger partial charge in [-0.25, -0.2) is 17.9 Å². The molecule has 6 nitrogen and oxygen atoms in total. The van der Waals surface area contributed by atoms with Gasteiger partial charge in [0.15, 0.2) is 17.5 Å². The minimum Gasteiger partial charge on any atom is -0.361 e. The second-order valence-corrected chi connectivity index (χ2v) is 7.31. The third-order valence-electron chi connectivity index (χ3n) is 4.31. The average molecular weight is 417 g/mol. The molecule has 0 bridgehead atoms. The Balaban J connectivity index is 1.54. The van der Waals surface area contributed by atoms with E-state index in [4.69, 9.17) is 0 Å². The van der Waals surface area contributed by atoms with E-state index in [0.717, 1.165) is 22.7 Å². The van der Waals surface area contributed by atoms with Gasteiger partial charge < -0.3 is 10.6 Å². The monoisotopic (exact) mass is 417 g/mol. The highest BCUT2D eigenvalue weighted by Crippen LogP contribution is 2.37. The fourth-order valence-corrected chi connectivity index (χ4v) is 3.69. The number of benzene rings is 2. The van der Waals surface area contributed by atoms with E-state index in [-0.39, 0.29) is 11.3 Å². The van der Waals surface area contributed by atoms with Crippen molar-refractivity contribution in [3.63, 3.8) is 0 Å². The summed E-state index contributed by atoms with van der Waals surface area (Å²) < 4.78 is 43.0. The molecule has 10 heteroatoms. The van der Waals surface area contributed by atoms with E-state index in [1.54, 1.807) is 36.8 Å². The van der Waals surface area contributed by atoms with Gasteiger partial charge in [-0.2, -0.15) is 0 Å². The minimum atomic E-state index is -1.59. The van der Waals surface area contributed by atoms with Gasteiger partial charge >= 0.3 is 0 Å². The van der Waals surface area contributed by atoms with Crippen molar-refractivity contribution in [1.82, 2.24) is 14.7 Å². The molecule has 1 aromatic heterocycles. The first-order valence-corrected chi connectivity index (χ1v) is 9.26. The van der Waals surface area contributed by atoms with Gasteiger partial charge in [-0.1, -0.05) is 0 Å². The van der Waals surface area contributed by atoms with Gasteiger partial charge in [-0.3, -0.25) is 14.8 Å². The van der Waals surface area contributed by atoms with E-state index in [1.807, 2.05) is 6.92 Å². The van der Waals surface area contributed by atoms with Crippen LogP contribution in [0.25, 0.3) is 0 Å². The van der Waals surface area contributed by atoms with Gasteiger partial charge in [0.25, 0.3) is 5.91 Å². The van der Waals surface area contributed by atoms with Crippen molar-refractivity contribution in [2.75, 3.05) is 10.6 Å². The Morgan fingerprint density at radius 3 is 2.59 bits per heavy atom. The number of carbonyl (C=O) groups is 1. The van der Waals surface area contributed by atoms with E-state index in [9.17, 15) is 18.0 Å². The lowest BCUT2D eigenvalue weighted by Crippen LogP contribution is -2.46. The zero-order valence-electron chi connectivity index (χ0n) is 15.0. The van der Waals surface area contributed by atoms with Crippen LogP contribution >= 0.6 is 11.9 Å². The molecule has 0 saturated carbocycles. The predicted molar refractivity (Wildman–Crippen MR) is 103 cm³/mol. The number of carbonyl (C=O) groups excluding carboxylic acids is 1. The molecule has 148 valence electrons. The van der Waals surface area contributed by atoms with E-state index in [0.29, 0.717) is 5.69 Å². The molecule has 29 heavy (non-hydrogen) atoms. The molecule has 1 unspecified atom stereocenters. The van der Waals surface area contributed by atoms with Crippen molar-refractivity contribution < 1.29 is 18.0 Å². The zero-order valence-corrected chi connectivity index (χ0v) is 15.8. The van der Waals surface area contributed by atoms with Crippen LogP contribution in [0.1, 0.15) is 23.0 Å². The molecule has 0 radical (unpaired) electrons. The van der Waals surface area contributed by atoms with Crippen LogP contribution in [0.3, 0.4) is 0 Å². The third-order valence-corrected chi connectivity index (χ3v) is 5.38. The number of rotatable bonds is 3. The van der Waals surface area contributed by atoms with Crippen molar-refractivity contribution in [1.29, 1.82) is 0 Å². The lowest BCUT2D eigenvalue weighted by atomic mass is 10.1. The van der Waals surface area contributed by atoms with Crippen molar-refractivity contribution >= 4 is 29.2 Å². The lowest BCUT2D eigenvalue weighted by molar-refractivity contribution is 0.102. The highest BCUT2D eigenvalue weighted by molar-refractivity contribution is 7.97. The van der Waals surface area contributed by atoms with Gasteiger partial charge in [0.2, 0.25) is 0 Å².